The van der Waals surface area contributed by atoms with Crippen LogP contribution in [0.3, 0.4) is 0 Å². The van der Waals surface area contributed by atoms with Gasteiger partial charge in [-0.2, -0.15) is 5.10 Å². The van der Waals surface area contributed by atoms with E-state index in [9.17, 15) is 19.2 Å². The van der Waals surface area contributed by atoms with Crippen molar-refractivity contribution in [2.75, 3.05) is 6.61 Å². The lowest BCUT2D eigenvalue weighted by Crippen LogP contribution is -2.41. The second-order valence-corrected chi connectivity index (χ2v) is 7.16. The highest BCUT2D eigenvalue weighted by Crippen LogP contribution is 2.14. The van der Waals surface area contributed by atoms with E-state index in [-0.39, 0.29) is 23.7 Å². The van der Waals surface area contributed by atoms with Crippen LogP contribution in [0, 0.1) is 5.92 Å². The number of urea groups is 1. The van der Waals surface area contributed by atoms with Gasteiger partial charge in [0.15, 0.2) is 12.3 Å². The Bertz CT molecular complexity index is 1150. The molecule has 0 aliphatic heterocycles. The molecule has 0 aliphatic carbocycles. The summed E-state index contributed by atoms with van der Waals surface area (Å²) in [5.41, 5.74) is -0.391. The van der Waals surface area contributed by atoms with Crippen molar-refractivity contribution < 1.29 is 23.5 Å². The third kappa shape index (κ3) is 5.56. The van der Waals surface area contributed by atoms with Gasteiger partial charge in [0, 0.05) is 11.9 Å². The summed E-state index contributed by atoms with van der Waals surface area (Å²) in [5, 5.41) is 9.28. The van der Waals surface area contributed by atoms with Crippen molar-refractivity contribution in [2.45, 2.75) is 26.9 Å². The lowest BCUT2D eigenvalue weighted by Gasteiger charge is -2.12. The monoisotopic (exact) mass is 426 g/mol. The molecule has 10 nitrogen and oxygen atoms in total. The SMILES string of the molecule is CC(C)Cn1nc(C(=O)OCC(=O)NC(=O)NCc2ccco2)c2ccccc2c1=O. The fraction of sp³-hybridized carbons (Fsp3) is 0.286. The van der Waals surface area contributed by atoms with Crippen molar-refractivity contribution in [3.8, 4) is 0 Å². The maximum absolute atomic E-state index is 12.6. The van der Waals surface area contributed by atoms with Crippen molar-refractivity contribution in [3.63, 3.8) is 0 Å². The van der Waals surface area contributed by atoms with Crippen LogP contribution < -0.4 is 16.2 Å². The zero-order valence-electron chi connectivity index (χ0n) is 17.1. The van der Waals surface area contributed by atoms with Crippen LogP contribution in [0.2, 0.25) is 0 Å². The predicted octanol–water partition coefficient (Wildman–Crippen LogP) is 1.83. The molecule has 162 valence electrons. The smallest absolute Gasteiger partial charge is 0.359 e. The van der Waals surface area contributed by atoms with Crippen LogP contribution in [-0.4, -0.2) is 34.3 Å². The number of nitrogens with one attached hydrogen (secondary N) is 2. The van der Waals surface area contributed by atoms with Crippen molar-refractivity contribution in [1.29, 1.82) is 0 Å². The maximum atomic E-state index is 12.6. The molecule has 3 amide bonds. The van der Waals surface area contributed by atoms with Gasteiger partial charge in [-0.3, -0.25) is 14.9 Å². The average Bonchev–Trinajstić information content (AvgIpc) is 3.26. The van der Waals surface area contributed by atoms with Gasteiger partial charge >= 0.3 is 12.0 Å². The summed E-state index contributed by atoms with van der Waals surface area (Å²) in [4.78, 5) is 48.9. The first-order chi connectivity index (χ1) is 14.8. The lowest BCUT2D eigenvalue weighted by atomic mass is 10.1. The Balaban J connectivity index is 1.65. The van der Waals surface area contributed by atoms with Crippen molar-refractivity contribution in [3.05, 3.63) is 64.5 Å². The van der Waals surface area contributed by atoms with Crippen molar-refractivity contribution >= 4 is 28.7 Å². The molecule has 0 radical (unpaired) electrons. The zero-order chi connectivity index (χ0) is 22.4. The highest BCUT2D eigenvalue weighted by atomic mass is 16.5. The molecule has 2 heterocycles. The number of hydrogen-bond donors (Lipinski definition) is 2. The van der Waals surface area contributed by atoms with Gasteiger partial charge in [0.25, 0.3) is 11.5 Å². The van der Waals surface area contributed by atoms with Gasteiger partial charge in [-0.25, -0.2) is 14.3 Å². The molecule has 3 rings (SSSR count). The average molecular weight is 426 g/mol. The molecule has 2 aromatic heterocycles. The summed E-state index contributed by atoms with van der Waals surface area (Å²) in [5.74, 6) is -1.05. The topological polar surface area (TPSA) is 133 Å². The molecular weight excluding hydrogens is 404 g/mol. The predicted molar refractivity (Wildman–Crippen MR) is 110 cm³/mol. The van der Waals surface area contributed by atoms with Gasteiger partial charge in [-0.15, -0.1) is 0 Å². The summed E-state index contributed by atoms with van der Waals surface area (Å²) in [7, 11) is 0. The van der Waals surface area contributed by atoms with Crippen molar-refractivity contribution in [2.24, 2.45) is 5.92 Å². The fourth-order valence-electron chi connectivity index (χ4n) is 2.84. The molecule has 0 atom stereocenters. The lowest BCUT2D eigenvalue weighted by molar-refractivity contribution is -0.123. The van der Waals surface area contributed by atoms with Crippen LogP contribution >= 0.6 is 0 Å². The minimum atomic E-state index is -0.875. The van der Waals surface area contributed by atoms with Gasteiger partial charge in [-0.1, -0.05) is 32.0 Å². The molecule has 31 heavy (non-hydrogen) atoms. The van der Waals surface area contributed by atoms with E-state index in [1.807, 2.05) is 19.2 Å². The van der Waals surface area contributed by atoms with Crippen LogP contribution in [0.1, 0.15) is 30.1 Å². The van der Waals surface area contributed by atoms with Crippen molar-refractivity contribution in [1.82, 2.24) is 20.4 Å². The maximum Gasteiger partial charge on any atom is 0.359 e. The highest BCUT2D eigenvalue weighted by Gasteiger charge is 2.20. The van der Waals surface area contributed by atoms with E-state index in [0.29, 0.717) is 23.1 Å². The number of carbonyl (C=O) groups is 3. The number of rotatable bonds is 7. The summed E-state index contributed by atoms with van der Waals surface area (Å²) in [6, 6.07) is 9.12. The van der Waals surface area contributed by atoms with E-state index in [2.05, 4.69) is 10.4 Å². The van der Waals surface area contributed by atoms with Crippen LogP contribution in [-0.2, 0) is 22.6 Å². The molecule has 0 bridgehead atoms. The van der Waals surface area contributed by atoms with Gasteiger partial charge in [-0.05, 0) is 24.1 Å². The Morgan fingerprint density at radius 2 is 1.87 bits per heavy atom. The Hall–Kier alpha value is -3.95. The number of aromatic nitrogens is 2. The second kappa shape index (κ2) is 9.70. The number of esters is 1. The second-order valence-electron chi connectivity index (χ2n) is 7.16. The molecule has 0 aliphatic rings. The molecule has 0 unspecified atom stereocenters. The van der Waals surface area contributed by atoms with Crippen LogP contribution in [0.5, 0.6) is 0 Å². The number of amides is 3. The molecule has 0 saturated carbocycles. The summed E-state index contributed by atoms with van der Waals surface area (Å²) in [6.07, 6.45) is 1.46. The fourth-order valence-corrected chi connectivity index (χ4v) is 2.84. The van der Waals surface area contributed by atoms with E-state index in [0.717, 1.165) is 0 Å². The Morgan fingerprint density at radius 3 is 2.55 bits per heavy atom. The molecule has 0 saturated heterocycles. The Labute approximate surface area is 177 Å². The molecule has 10 heteroatoms. The van der Waals surface area contributed by atoms with Crippen LogP contribution in [0.25, 0.3) is 10.8 Å². The normalized spacial score (nSPS) is 10.8. The number of ether oxygens (including phenoxy) is 1. The first-order valence-corrected chi connectivity index (χ1v) is 9.62. The number of fused-ring (bicyclic) bond motifs is 1. The first kappa shape index (κ1) is 21.8. The third-order valence-electron chi connectivity index (χ3n) is 4.19. The number of nitrogens with zero attached hydrogens (tertiary/aromatic N) is 2. The Kier molecular flexibility index (Phi) is 6.81. The summed E-state index contributed by atoms with van der Waals surface area (Å²) >= 11 is 0. The molecule has 0 fully saturated rings. The van der Waals surface area contributed by atoms with Gasteiger partial charge in [0.2, 0.25) is 0 Å². The number of furan rings is 1. The zero-order valence-corrected chi connectivity index (χ0v) is 17.1. The summed E-state index contributed by atoms with van der Waals surface area (Å²) in [6.45, 7) is 3.57. The molecule has 2 N–H and O–H groups in total. The first-order valence-electron chi connectivity index (χ1n) is 9.62. The van der Waals surface area contributed by atoms with Gasteiger partial charge in [0.05, 0.1) is 18.2 Å². The van der Waals surface area contributed by atoms with Gasteiger partial charge in [0.1, 0.15) is 5.76 Å². The standard InChI is InChI=1S/C21H22N4O6/c1-13(2)11-25-19(27)16-8-4-3-7-15(16)18(24-25)20(28)31-12-17(26)23-21(29)22-10-14-6-5-9-30-14/h3-9,13H,10-12H2,1-2H3,(H2,22,23,26,29). The minimum absolute atomic E-state index is 0.0779. The van der Waals surface area contributed by atoms with Crippen LogP contribution in [0.4, 0.5) is 4.79 Å². The Morgan fingerprint density at radius 1 is 1.13 bits per heavy atom. The van der Waals surface area contributed by atoms with E-state index in [4.69, 9.17) is 9.15 Å². The van der Waals surface area contributed by atoms with E-state index >= 15 is 0 Å². The minimum Gasteiger partial charge on any atom is -0.467 e. The largest absolute Gasteiger partial charge is 0.467 e. The number of benzene rings is 1. The quantitative estimate of drug-likeness (QED) is 0.551. The van der Waals surface area contributed by atoms with Crippen LogP contribution in [0.15, 0.2) is 51.9 Å². The molecular formula is C21H22N4O6. The number of carbonyl (C=O) groups excluding carboxylic acids is 3. The van der Waals surface area contributed by atoms with E-state index in [1.165, 1.54) is 10.9 Å². The third-order valence-corrected chi connectivity index (χ3v) is 4.19. The number of imide groups is 1. The van der Waals surface area contributed by atoms with E-state index < -0.39 is 24.5 Å². The van der Waals surface area contributed by atoms with Gasteiger partial charge < -0.3 is 14.5 Å². The molecule has 0 spiro atoms. The van der Waals surface area contributed by atoms with E-state index in [1.54, 1.807) is 36.4 Å². The molecule has 1 aromatic carbocycles. The molecule has 3 aromatic rings. The highest BCUT2D eigenvalue weighted by molar-refractivity contribution is 6.03. The number of hydrogen-bond acceptors (Lipinski definition) is 7. The summed E-state index contributed by atoms with van der Waals surface area (Å²) < 4.78 is 11.3.